The van der Waals surface area contributed by atoms with Crippen LogP contribution in [0.3, 0.4) is 0 Å². The van der Waals surface area contributed by atoms with Gasteiger partial charge >= 0.3 is 0 Å². The molecule has 0 radical (unpaired) electrons. The fraction of sp³-hybridized carbons (Fsp3) is 0.310. The minimum Gasteiger partial charge on any atom is -0.308 e. The Morgan fingerprint density at radius 3 is 2.47 bits per heavy atom. The molecule has 0 fully saturated rings. The monoisotopic (exact) mass is 548 g/mol. The lowest BCUT2D eigenvalue weighted by molar-refractivity contribution is 0.0985. The van der Waals surface area contributed by atoms with Gasteiger partial charge in [-0.2, -0.15) is 0 Å². The van der Waals surface area contributed by atoms with Crippen LogP contribution >= 0.6 is 11.3 Å². The molecule has 4 aromatic rings. The van der Waals surface area contributed by atoms with Crippen molar-refractivity contribution in [2.24, 2.45) is 0 Å². The molecule has 1 amide bonds. The minimum absolute atomic E-state index is 0.177. The first kappa shape index (κ1) is 26.3. The SMILES string of the molecule is Cc1ccc2sc(N(CCN(C)C)C(=O)c3ccc(S(=O)(=O)N4CCCc5ccccc54)cc3)nc2c1C. The minimum atomic E-state index is -3.75. The number of nitrogens with zero attached hydrogens (tertiary/aromatic N) is 4. The molecule has 0 bridgehead atoms. The molecule has 0 saturated carbocycles. The Kier molecular flexibility index (Phi) is 7.26. The molecule has 7 nitrogen and oxygen atoms in total. The largest absolute Gasteiger partial charge is 0.308 e. The first-order valence-corrected chi connectivity index (χ1v) is 15.0. The zero-order valence-electron chi connectivity index (χ0n) is 22.1. The highest BCUT2D eigenvalue weighted by molar-refractivity contribution is 7.92. The van der Waals surface area contributed by atoms with Crippen molar-refractivity contribution in [1.82, 2.24) is 9.88 Å². The van der Waals surface area contributed by atoms with Gasteiger partial charge in [0.15, 0.2) is 5.13 Å². The second-order valence-electron chi connectivity index (χ2n) is 9.94. The molecule has 0 unspecified atom stereocenters. The summed E-state index contributed by atoms with van der Waals surface area (Å²) in [4.78, 5) is 22.5. The van der Waals surface area contributed by atoms with Crippen molar-refractivity contribution in [3.63, 3.8) is 0 Å². The normalized spacial score (nSPS) is 13.7. The van der Waals surface area contributed by atoms with Crippen molar-refractivity contribution in [3.05, 3.63) is 82.9 Å². The molecule has 0 atom stereocenters. The predicted octanol–water partition coefficient (Wildman–Crippen LogP) is 5.26. The maximum Gasteiger partial charge on any atom is 0.264 e. The molecule has 1 aliphatic heterocycles. The number of hydrogen-bond donors (Lipinski definition) is 0. The zero-order valence-corrected chi connectivity index (χ0v) is 23.8. The number of aryl methyl sites for hydroxylation is 3. The molecular weight excluding hydrogens is 516 g/mol. The highest BCUT2D eigenvalue weighted by atomic mass is 32.2. The summed E-state index contributed by atoms with van der Waals surface area (Å²) in [5.41, 5.74) is 5.37. The topological polar surface area (TPSA) is 73.8 Å². The lowest BCUT2D eigenvalue weighted by Gasteiger charge is -2.30. The van der Waals surface area contributed by atoms with Gasteiger partial charge < -0.3 is 4.90 Å². The number of para-hydroxylation sites is 1. The number of amides is 1. The van der Waals surface area contributed by atoms with Gasteiger partial charge in [0.05, 0.1) is 20.8 Å². The van der Waals surface area contributed by atoms with Crippen LogP contribution < -0.4 is 9.21 Å². The molecule has 198 valence electrons. The molecule has 3 aromatic carbocycles. The van der Waals surface area contributed by atoms with E-state index < -0.39 is 10.0 Å². The van der Waals surface area contributed by atoms with Gasteiger partial charge in [-0.3, -0.25) is 14.0 Å². The predicted molar refractivity (Wildman–Crippen MR) is 155 cm³/mol. The van der Waals surface area contributed by atoms with E-state index >= 15 is 0 Å². The molecule has 0 saturated heterocycles. The third-order valence-corrected chi connectivity index (χ3v) is 9.95. The van der Waals surface area contributed by atoms with E-state index in [0.717, 1.165) is 45.4 Å². The second-order valence-corrected chi connectivity index (χ2v) is 12.8. The number of carbonyl (C=O) groups is 1. The lowest BCUT2D eigenvalue weighted by Crippen LogP contribution is -2.37. The maximum absolute atomic E-state index is 13.7. The number of sulfonamides is 1. The van der Waals surface area contributed by atoms with Gasteiger partial charge in [-0.1, -0.05) is 35.6 Å². The van der Waals surface area contributed by atoms with Gasteiger partial charge in [-0.15, -0.1) is 0 Å². The number of aromatic nitrogens is 1. The second kappa shape index (κ2) is 10.5. The Bertz CT molecular complexity index is 1590. The van der Waals surface area contributed by atoms with Crippen LogP contribution in [-0.2, 0) is 16.4 Å². The van der Waals surface area contributed by atoms with Crippen molar-refractivity contribution in [2.45, 2.75) is 31.6 Å². The summed E-state index contributed by atoms with van der Waals surface area (Å²) >= 11 is 1.50. The first-order chi connectivity index (χ1) is 18.2. The Morgan fingerprint density at radius 1 is 1.00 bits per heavy atom. The average molecular weight is 549 g/mol. The molecule has 0 N–H and O–H groups in total. The third kappa shape index (κ3) is 4.93. The van der Waals surface area contributed by atoms with Crippen LogP contribution in [0.15, 0.2) is 65.6 Å². The molecule has 5 rings (SSSR count). The van der Waals surface area contributed by atoms with Gasteiger partial charge in [-0.25, -0.2) is 13.4 Å². The van der Waals surface area contributed by atoms with Gasteiger partial charge in [0.1, 0.15) is 0 Å². The fourth-order valence-electron chi connectivity index (χ4n) is 4.72. The van der Waals surface area contributed by atoms with Gasteiger partial charge in [-0.05, 0) is 93.9 Å². The standard InChI is InChI=1S/C29H32N4O3S2/c1-20-11-16-26-27(21(20)2)30-29(37-26)32(19-18-31(3)4)28(34)23-12-14-24(15-13-23)38(35,36)33-17-7-9-22-8-5-6-10-25(22)33/h5-6,8,10-16H,7,9,17-19H2,1-4H3. The summed E-state index contributed by atoms with van der Waals surface area (Å²) in [5.74, 6) is -0.201. The van der Waals surface area contributed by atoms with Crippen molar-refractivity contribution < 1.29 is 13.2 Å². The number of likely N-dealkylation sites (N-methyl/N-ethyl adjacent to an activating group) is 1. The summed E-state index contributed by atoms with van der Waals surface area (Å²) in [5, 5.41) is 0.641. The summed E-state index contributed by atoms with van der Waals surface area (Å²) in [6, 6.07) is 18.0. The van der Waals surface area contributed by atoms with Crippen molar-refractivity contribution >= 4 is 48.3 Å². The third-order valence-electron chi connectivity index (χ3n) is 7.08. The molecule has 0 aliphatic carbocycles. The molecule has 2 heterocycles. The van der Waals surface area contributed by atoms with Crippen LogP contribution in [0.5, 0.6) is 0 Å². The van der Waals surface area contributed by atoms with E-state index in [0.29, 0.717) is 30.3 Å². The Hall–Kier alpha value is -3.27. The number of anilines is 2. The van der Waals surface area contributed by atoms with E-state index in [-0.39, 0.29) is 10.8 Å². The summed E-state index contributed by atoms with van der Waals surface area (Å²) in [7, 11) is 0.184. The number of carbonyl (C=O) groups excluding carboxylic acids is 1. The Balaban J connectivity index is 1.45. The first-order valence-electron chi connectivity index (χ1n) is 12.7. The van der Waals surface area contributed by atoms with E-state index in [9.17, 15) is 13.2 Å². The van der Waals surface area contributed by atoms with Crippen molar-refractivity contribution in [2.75, 3.05) is 42.9 Å². The fourth-order valence-corrected chi connectivity index (χ4v) is 7.31. The Morgan fingerprint density at radius 2 is 1.74 bits per heavy atom. The molecule has 38 heavy (non-hydrogen) atoms. The van der Waals surface area contributed by atoms with E-state index in [1.54, 1.807) is 17.0 Å². The van der Waals surface area contributed by atoms with Gasteiger partial charge in [0.2, 0.25) is 0 Å². The van der Waals surface area contributed by atoms with Crippen LogP contribution in [-0.4, -0.2) is 57.9 Å². The molecule has 1 aliphatic rings. The maximum atomic E-state index is 13.7. The van der Waals surface area contributed by atoms with Crippen LogP contribution in [0.2, 0.25) is 0 Å². The van der Waals surface area contributed by atoms with Gasteiger partial charge in [0.25, 0.3) is 15.9 Å². The molecular formula is C29H32N4O3S2. The Labute approximate surface area is 228 Å². The van der Waals surface area contributed by atoms with Crippen molar-refractivity contribution in [3.8, 4) is 0 Å². The summed E-state index contributed by atoms with van der Waals surface area (Å²) in [6.07, 6.45) is 1.64. The number of fused-ring (bicyclic) bond motifs is 2. The molecule has 9 heteroatoms. The number of thiazole rings is 1. The van der Waals surface area contributed by atoms with Gasteiger partial charge in [0, 0.05) is 25.2 Å². The van der Waals surface area contributed by atoms with E-state index in [4.69, 9.17) is 4.98 Å². The number of benzene rings is 3. The summed E-state index contributed by atoms with van der Waals surface area (Å²) < 4.78 is 29.6. The highest BCUT2D eigenvalue weighted by Gasteiger charge is 2.29. The molecule has 1 aromatic heterocycles. The summed E-state index contributed by atoms with van der Waals surface area (Å²) in [6.45, 7) is 5.68. The average Bonchev–Trinajstić information content (AvgIpc) is 3.35. The lowest BCUT2D eigenvalue weighted by atomic mass is 10.0. The van der Waals surface area contributed by atoms with E-state index in [1.807, 2.05) is 56.3 Å². The van der Waals surface area contributed by atoms with Crippen LogP contribution in [0.4, 0.5) is 10.8 Å². The number of hydrogen-bond acceptors (Lipinski definition) is 6. The van der Waals surface area contributed by atoms with Crippen LogP contribution in [0, 0.1) is 13.8 Å². The zero-order chi connectivity index (χ0) is 27.0. The highest BCUT2D eigenvalue weighted by Crippen LogP contribution is 2.34. The quantitative estimate of drug-likeness (QED) is 0.315. The van der Waals surface area contributed by atoms with E-state index in [2.05, 4.69) is 13.0 Å². The number of rotatable bonds is 7. The van der Waals surface area contributed by atoms with Crippen molar-refractivity contribution in [1.29, 1.82) is 0 Å². The van der Waals surface area contributed by atoms with E-state index in [1.165, 1.54) is 27.8 Å². The smallest absolute Gasteiger partial charge is 0.264 e. The van der Waals surface area contributed by atoms with Crippen LogP contribution in [0.25, 0.3) is 10.2 Å². The molecule has 0 spiro atoms. The van der Waals surface area contributed by atoms with Crippen LogP contribution in [0.1, 0.15) is 33.5 Å².